The molecule has 1 aliphatic rings. The monoisotopic (exact) mass is 246 g/mol. The van der Waals surface area contributed by atoms with Crippen LogP contribution in [0.15, 0.2) is 30.3 Å². The standard InChI is InChI=1S/C16H26N2/c1-13-12-17-11-10-16(3,4)18(13)14(2)15-8-6-5-7-9-15/h5-9,13-14,17H,10-12H2,1-4H3. The van der Waals surface area contributed by atoms with Crippen LogP contribution in [-0.4, -0.2) is 29.6 Å². The highest BCUT2D eigenvalue weighted by Gasteiger charge is 2.35. The molecule has 18 heavy (non-hydrogen) atoms. The summed E-state index contributed by atoms with van der Waals surface area (Å²) in [4.78, 5) is 2.67. The van der Waals surface area contributed by atoms with Crippen LogP contribution in [-0.2, 0) is 0 Å². The first kappa shape index (κ1) is 13.6. The van der Waals surface area contributed by atoms with Gasteiger partial charge in [-0.05, 0) is 46.2 Å². The molecule has 2 rings (SSSR count). The Kier molecular flexibility index (Phi) is 4.08. The molecule has 1 aromatic carbocycles. The van der Waals surface area contributed by atoms with Crippen molar-refractivity contribution in [2.45, 2.75) is 51.7 Å². The lowest BCUT2D eigenvalue weighted by Crippen LogP contribution is -2.50. The molecule has 1 heterocycles. The Hall–Kier alpha value is -0.860. The third kappa shape index (κ3) is 2.76. The Morgan fingerprint density at radius 2 is 1.94 bits per heavy atom. The third-order valence-corrected chi connectivity index (χ3v) is 4.23. The molecule has 1 aliphatic heterocycles. The molecule has 0 spiro atoms. The van der Waals surface area contributed by atoms with Gasteiger partial charge in [0.05, 0.1) is 0 Å². The number of nitrogens with zero attached hydrogens (tertiary/aromatic N) is 1. The molecule has 2 atom stereocenters. The van der Waals surface area contributed by atoms with Crippen LogP contribution in [0.4, 0.5) is 0 Å². The Bertz CT molecular complexity index is 372. The van der Waals surface area contributed by atoms with Crippen LogP contribution in [0.2, 0.25) is 0 Å². The van der Waals surface area contributed by atoms with Gasteiger partial charge in [-0.1, -0.05) is 30.3 Å². The highest BCUT2D eigenvalue weighted by Crippen LogP contribution is 2.33. The Morgan fingerprint density at radius 3 is 2.61 bits per heavy atom. The summed E-state index contributed by atoms with van der Waals surface area (Å²) in [5.74, 6) is 0. The molecule has 2 heteroatoms. The van der Waals surface area contributed by atoms with Crippen LogP contribution in [0.1, 0.15) is 45.7 Å². The average molecular weight is 246 g/mol. The van der Waals surface area contributed by atoms with E-state index in [1.807, 2.05) is 0 Å². The second-order valence-electron chi connectivity index (χ2n) is 6.11. The first-order chi connectivity index (χ1) is 8.52. The van der Waals surface area contributed by atoms with Crippen molar-refractivity contribution in [1.29, 1.82) is 0 Å². The summed E-state index contributed by atoms with van der Waals surface area (Å²) in [7, 11) is 0. The molecule has 1 fully saturated rings. The molecule has 1 aromatic rings. The minimum atomic E-state index is 0.248. The molecule has 2 nitrogen and oxygen atoms in total. The predicted molar refractivity (Wildman–Crippen MR) is 77.7 cm³/mol. The summed E-state index contributed by atoms with van der Waals surface area (Å²) in [6.07, 6.45) is 1.20. The molecule has 1 N–H and O–H groups in total. The van der Waals surface area contributed by atoms with Gasteiger partial charge < -0.3 is 5.32 Å². The number of nitrogens with one attached hydrogen (secondary N) is 1. The number of hydrogen-bond donors (Lipinski definition) is 1. The summed E-state index contributed by atoms with van der Waals surface area (Å²) in [6, 6.07) is 11.9. The molecular formula is C16H26N2. The largest absolute Gasteiger partial charge is 0.315 e. The van der Waals surface area contributed by atoms with E-state index < -0.39 is 0 Å². The van der Waals surface area contributed by atoms with Gasteiger partial charge in [-0.3, -0.25) is 4.90 Å². The van der Waals surface area contributed by atoms with Gasteiger partial charge in [-0.2, -0.15) is 0 Å². The van der Waals surface area contributed by atoms with Crippen molar-refractivity contribution in [1.82, 2.24) is 10.2 Å². The molecule has 0 aromatic heterocycles. The maximum atomic E-state index is 3.55. The van der Waals surface area contributed by atoms with Crippen molar-refractivity contribution in [3.63, 3.8) is 0 Å². The molecule has 0 amide bonds. The molecule has 2 unspecified atom stereocenters. The normalized spacial score (nSPS) is 26.6. The van der Waals surface area contributed by atoms with Crippen LogP contribution >= 0.6 is 0 Å². The minimum absolute atomic E-state index is 0.248. The van der Waals surface area contributed by atoms with Gasteiger partial charge in [0, 0.05) is 24.2 Å². The number of rotatable bonds is 2. The Labute approximate surface area is 111 Å². The van der Waals surface area contributed by atoms with E-state index >= 15 is 0 Å². The average Bonchev–Trinajstić information content (AvgIpc) is 2.48. The van der Waals surface area contributed by atoms with Crippen LogP contribution in [0.3, 0.4) is 0 Å². The van der Waals surface area contributed by atoms with Gasteiger partial charge in [0.2, 0.25) is 0 Å². The zero-order valence-electron chi connectivity index (χ0n) is 12.1. The quantitative estimate of drug-likeness (QED) is 0.862. The summed E-state index contributed by atoms with van der Waals surface area (Å²) >= 11 is 0. The molecule has 0 saturated carbocycles. The fourth-order valence-electron chi connectivity index (χ4n) is 3.33. The lowest BCUT2D eigenvalue weighted by molar-refractivity contribution is 0.0441. The van der Waals surface area contributed by atoms with Crippen molar-refractivity contribution in [3.8, 4) is 0 Å². The zero-order chi connectivity index (χ0) is 13.2. The molecule has 0 radical (unpaired) electrons. The van der Waals surface area contributed by atoms with Crippen LogP contribution in [0.5, 0.6) is 0 Å². The van der Waals surface area contributed by atoms with E-state index in [0.717, 1.165) is 13.1 Å². The van der Waals surface area contributed by atoms with Gasteiger partial charge in [0.15, 0.2) is 0 Å². The summed E-state index contributed by atoms with van der Waals surface area (Å²) in [5, 5.41) is 3.55. The second-order valence-corrected chi connectivity index (χ2v) is 6.11. The summed E-state index contributed by atoms with van der Waals surface area (Å²) in [6.45, 7) is 11.6. The van der Waals surface area contributed by atoms with Crippen molar-refractivity contribution in [3.05, 3.63) is 35.9 Å². The SMILES string of the molecule is CC1CNCCC(C)(C)N1C(C)c1ccccc1. The van der Waals surface area contributed by atoms with E-state index in [4.69, 9.17) is 0 Å². The van der Waals surface area contributed by atoms with E-state index in [0.29, 0.717) is 12.1 Å². The molecule has 100 valence electrons. The smallest absolute Gasteiger partial charge is 0.0328 e. The van der Waals surface area contributed by atoms with Crippen LogP contribution in [0, 0.1) is 0 Å². The number of hydrogen-bond acceptors (Lipinski definition) is 2. The fourth-order valence-corrected chi connectivity index (χ4v) is 3.33. The van der Waals surface area contributed by atoms with Gasteiger partial charge in [0.1, 0.15) is 0 Å². The first-order valence-corrected chi connectivity index (χ1v) is 7.06. The lowest BCUT2D eigenvalue weighted by Gasteiger charge is -2.45. The van der Waals surface area contributed by atoms with Crippen LogP contribution in [0.25, 0.3) is 0 Å². The zero-order valence-corrected chi connectivity index (χ0v) is 12.1. The molecule has 0 bridgehead atoms. The van der Waals surface area contributed by atoms with Crippen molar-refractivity contribution in [2.24, 2.45) is 0 Å². The van der Waals surface area contributed by atoms with E-state index in [-0.39, 0.29) is 5.54 Å². The van der Waals surface area contributed by atoms with Crippen molar-refractivity contribution >= 4 is 0 Å². The predicted octanol–water partition coefficient (Wildman–Crippen LogP) is 3.21. The minimum Gasteiger partial charge on any atom is -0.315 e. The fraction of sp³-hybridized carbons (Fsp3) is 0.625. The van der Waals surface area contributed by atoms with Gasteiger partial charge in [-0.15, -0.1) is 0 Å². The number of benzene rings is 1. The molecular weight excluding hydrogens is 220 g/mol. The van der Waals surface area contributed by atoms with E-state index in [1.54, 1.807) is 0 Å². The Morgan fingerprint density at radius 1 is 1.28 bits per heavy atom. The highest BCUT2D eigenvalue weighted by molar-refractivity contribution is 5.19. The lowest BCUT2D eigenvalue weighted by atomic mass is 9.92. The van der Waals surface area contributed by atoms with Gasteiger partial charge in [0.25, 0.3) is 0 Å². The van der Waals surface area contributed by atoms with E-state index in [9.17, 15) is 0 Å². The van der Waals surface area contributed by atoms with Crippen LogP contribution < -0.4 is 5.32 Å². The van der Waals surface area contributed by atoms with Crippen molar-refractivity contribution < 1.29 is 0 Å². The van der Waals surface area contributed by atoms with E-state index in [2.05, 4.69) is 68.2 Å². The highest BCUT2D eigenvalue weighted by atomic mass is 15.3. The maximum absolute atomic E-state index is 3.55. The summed E-state index contributed by atoms with van der Waals surface area (Å²) in [5.41, 5.74) is 1.66. The second kappa shape index (κ2) is 5.41. The molecule has 1 saturated heterocycles. The van der Waals surface area contributed by atoms with Gasteiger partial charge in [-0.25, -0.2) is 0 Å². The topological polar surface area (TPSA) is 15.3 Å². The third-order valence-electron chi connectivity index (χ3n) is 4.23. The summed E-state index contributed by atoms with van der Waals surface area (Å²) < 4.78 is 0. The first-order valence-electron chi connectivity index (χ1n) is 7.06. The Balaban J connectivity index is 2.27. The maximum Gasteiger partial charge on any atom is 0.0328 e. The van der Waals surface area contributed by atoms with Gasteiger partial charge >= 0.3 is 0 Å². The van der Waals surface area contributed by atoms with Crippen molar-refractivity contribution in [2.75, 3.05) is 13.1 Å². The van der Waals surface area contributed by atoms with E-state index in [1.165, 1.54) is 12.0 Å². The molecule has 0 aliphatic carbocycles.